The Kier molecular flexibility index (Phi) is 7.27. The number of aliphatic carboxylic acids is 2. The van der Waals surface area contributed by atoms with Gasteiger partial charge in [0.05, 0.1) is 0 Å². The first-order valence-corrected chi connectivity index (χ1v) is 4.92. The molecule has 0 atom stereocenters. The average Bonchev–Trinajstić information content (AvgIpc) is 2.17. The van der Waals surface area contributed by atoms with Crippen LogP contribution in [0, 0.1) is 0 Å². The monoisotopic (exact) mass is 215 g/mol. The van der Waals surface area contributed by atoms with Crippen LogP contribution in [0.15, 0.2) is 12.2 Å². The fourth-order valence-electron chi connectivity index (χ4n) is 1.28. The van der Waals surface area contributed by atoms with Crippen LogP contribution in [0.5, 0.6) is 0 Å². The van der Waals surface area contributed by atoms with Gasteiger partial charge in [-0.05, 0) is 12.8 Å². The molecule has 0 amide bonds. The van der Waals surface area contributed by atoms with Crippen LogP contribution < -0.4 is 5.73 Å². The van der Waals surface area contributed by atoms with Gasteiger partial charge in [-0.1, -0.05) is 19.3 Å². The molecule has 0 heterocycles. The maximum absolute atomic E-state index is 9.55. The summed E-state index contributed by atoms with van der Waals surface area (Å²) in [5.74, 6) is -2.51. The van der Waals surface area contributed by atoms with Crippen molar-refractivity contribution in [2.24, 2.45) is 5.73 Å². The third-order valence-electron chi connectivity index (χ3n) is 2.02. The van der Waals surface area contributed by atoms with E-state index in [1.165, 1.54) is 32.1 Å². The molecule has 0 aromatic heterocycles. The summed E-state index contributed by atoms with van der Waals surface area (Å²) in [5, 5.41) is 15.6. The quantitative estimate of drug-likeness (QED) is 0.596. The first kappa shape index (κ1) is 13.6. The normalized spacial score (nSPS) is 16.9. The molecule has 1 aliphatic carbocycles. The molecule has 1 fully saturated rings. The third kappa shape index (κ3) is 10.6. The van der Waals surface area contributed by atoms with Crippen molar-refractivity contribution < 1.29 is 19.8 Å². The van der Waals surface area contributed by atoms with E-state index in [9.17, 15) is 9.59 Å². The Morgan fingerprint density at radius 2 is 1.40 bits per heavy atom. The molecule has 0 unspecified atom stereocenters. The number of carboxylic acids is 2. The largest absolute Gasteiger partial charge is 0.478 e. The molecule has 0 aliphatic heterocycles. The van der Waals surface area contributed by atoms with E-state index in [0.717, 1.165) is 0 Å². The van der Waals surface area contributed by atoms with Gasteiger partial charge < -0.3 is 15.9 Å². The summed E-state index contributed by atoms with van der Waals surface area (Å²) in [6, 6.07) is 0.536. The molecule has 15 heavy (non-hydrogen) atoms. The van der Waals surface area contributed by atoms with Crippen molar-refractivity contribution >= 4 is 11.9 Å². The highest BCUT2D eigenvalue weighted by Crippen LogP contribution is 2.14. The van der Waals surface area contributed by atoms with Gasteiger partial charge in [0.2, 0.25) is 0 Å². The Labute approximate surface area is 88.6 Å². The van der Waals surface area contributed by atoms with Crippen LogP contribution in [0.2, 0.25) is 0 Å². The Bertz CT molecular complexity index is 216. The predicted octanol–water partition coefficient (Wildman–Crippen LogP) is 0.990. The molecule has 0 bridgehead atoms. The molecule has 1 saturated carbocycles. The van der Waals surface area contributed by atoms with Crippen molar-refractivity contribution in [1.29, 1.82) is 0 Å². The van der Waals surface area contributed by atoms with E-state index in [2.05, 4.69) is 0 Å². The summed E-state index contributed by atoms with van der Waals surface area (Å²) in [5.41, 5.74) is 5.63. The molecule has 0 aromatic carbocycles. The number of hydrogen-bond acceptors (Lipinski definition) is 3. The molecular formula is C10H17NO4. The van der Waals surface area contributed by atoms with Crippen molar-refractivity contribution in [2.45, 2.75) is 38.1 Å². The van der Waals surface area contributed by atoms with Crippen LogP contribution in [0.4, 0.5) is 0 Å². The van der Waals surface area contributed by atoms with Gasteiger partial charge in [0, 0.05) is 18.2 Å². The van der Waals surface area contributed by atoms with Crippen LogP contribution in [-0.2, 0) is 9.59 Å². The molecule has 0 radical (unpaired) electrons. The van der Waals surface area contributed by atoms with Gasteiger partial charge in [-0.15, -0.1) is 0 Å². The van der Waals surface area contributed by atoms with Crippen molar-refractivity contribution in [3.63, 3.8) is 0 Å². The van der Waals surface area contributed by atoms with E-state index in [-0.39, 0.29) is 0 Å². The van der Waals surface area contributed by atoms with Crippen LogP contribution >= 0.6 is 0 Å². The zero-order valence-corrected chi connectivity index (χ0v) is 8.56. The number of nitrogens with two attached hydrogens (primary N) is 1. The van der Waals surface area contributed by atoms with E-state index in [1.807, 2.05) is 0 Å². The van der Waals surface area contributed by atoms with Gasteiger partial charge >= 0.3 is 11.9 Å². The van der Waals surface area contributed by atoms with Gasteiger partial charge in [0.15, 0.2) is 0 Å². The smallest absolute Gasteiger partial charge is 0.328 e. The van der Waals surface area contributed by atoms with Crippen molar-refractivity contribution in [2.75, 3.05) is 0 Å². The van der Waals surface area contributed by atoms with E-state index in [1.54, 1.807) is 0 Å². The first-order valence-electron chi connectivity index (χ1n) is 4.92. The third-order valence-corrected chi connectivity index (χ3v) is 2.02. The predicted molar refractivity (Wildman–Crippen MR) is 55.5 cm³/mol. The number of carboxylic acid groups (broad SMARTS) is 2. The van der Waals surface area contributed by atoms with E-state index in [0.29, 0.717) is 18.2 Å². The van der Waals surface area contributed by atoms with Gasteiger partial charge in [-0.3, -0.25) is 0 Å². The van der Waals surface area contributed by atoms with Crippen LogP contribution in [0.25, 0.3) is 0 Å². The number of rotatable bonds is 2. The molecule has 4 N–H and O–H groups in total. The Hall–Kier alpha value is -1.36. The van der Waals surface area contributed by atoms with E-state index >= 15 is 0 Å². The standard InChI is InChI=1S/C6H13N.C4H4O4/c7-6-4-2-1-3-5-6;5-3(6)1-2-4(7)8/h6H,1-5,7H2;1-2H,(H,5,6)(H,7,8)/b;2-1-. The van der Waals surface area contributed by atoms with Gasteiger partial charge in [0.25, 0.3) is 0 Å². The lowest BCUT2D eigenvalue weighted by Crippen LogP contribution is -2.22. The number of carbonyl (C=O) groups is 2. The molecule has 5 heteroatoms. The summed E-state index contributed by atoms with van der Waals surface area (Å²) in [4.78, 5) is 19.1. The summed E-state index contributed by atoms with van der Waals surface area (Å²) in [6.45, 7) is 0. The lowest BCUT2D eigenvalue weighted by molar-refractivity contribution is -0.134. The molecule has 0 spiro atoms. The lowest BCUT2D eigenvalue weighted by atomic mass is 9.97. The topological polar surface area (TPSA) is 101 Å². The van der Waals surface area contributed by atoms with Gasteiger partial charge in [0.1, 0.15) is 0 Å². The lowest BCUT2D eigenvalue weighted by Gasteiger charge is -2.15. The SMILES string of the molecule is NC1CCCCC1.O=C(O)/C=C\C(=O)O. The summed E-state index contributed by atoms with van der Waals surface area (Å²) in [6.07, 6.45) is 7.78. The number of hydrogen-bond donors (Lipinski definition) is 3. The zero-order valence-electron chi connectivity index (χ0n) is 8.56. The minimum atomic E-state index is -1.26. The Balaban J connectivity index is 0.000000262. The zero-order chi connectivity index (χ0) is 11.7. The molecule has 1 aliphatic rings. The second kappa shape index (κ2) is 7.99. The second-order valence-electron chi connectivity index (χ2n) is 3.41. The van der Waals surface area contributed by atoms with Crippen LogP contribution in [-0.4, -0.2) is 28.2 Å². The highest BCUT2D eigenvalue weighted by atomic mass is 16.4. The van der Waals surface area contributed by atoms with Gasteiger partial charge in [-0.25, -0.2) is 9.59 Å². The fourth-order valence-corrected chi connectivity index (χ4v) is 1.28. The van der Waals surface area contributed by atoms with Crippen LogP contribution in [0.3, 0.4) is 0 Å². The maximum atomic E-state index is 9.55. The average molecular weight is 215 g/mol. The maximum Gasteiger partial charge on any atom is 0.328 e. The van der Waals surface area contributed by atoms with Crippen molar-refractivity contribution in [3.05, 3.63) is 12.2 Å². The summed E-state index contributed by atoms with van der Waals surface area (Å²) < 4.78 is 0. The molecule has 0 saturated heterocycles. The Morgan fingerprint density at radius 1 is 1.00 bits per heavy atom. The molecule has 86 valence electrons. The minimum absolute atomic E-state index is 0.536. The summed E-state index contributed by atoms with van der Waals surface area (Å²) >= 11 is 0. The molecular weight excluding hydrogens is 198 g/mol. The van der Waals surface area contributed by atoms with E-state index < -0.39 is 11.9 Å². The van der Waals surface area contributed by atoms with Crippen molar-refractivity contribution in [1.82, 2.24) is 0 Å². The highest BCUT2D eigenvalue weighted by molar-refractivity contribution is 5.89. The molecule has 5 nitrogen and oxygen atoms in total. The second-order valence-corrected chi connectivity index (χ2v) is 3.41. The van der Waals surface area contributed by atoms with Gasteiger partial charge in [-0.2, -0.15) is 0 Å². The first-order chi connectivity index (χ1) is 7.02. The Morgan fingerprint density at radius 3 is 1.60 bits per heavy atom. The molecule has 1 rings (SSSR count). The van der Waals surface area contributed by atoms with E-state index in [4.69, 9.17) is 15.9 Å². The molecule has 0 aromatic rings. The summed E-state index contributed by atoms with van der Waals surface area (Å²) in [7, 11) is 0. The van der Waals surface area contributed by atoms with Crippen molar-refractivity contribution in [3.8, 4) is 0 Å². The van der Waals surface area contributed by atoms with Crippen LogP contribution in [0.1, 0.15) is 32.1 Å². The minimum Gasteiger partial charge on any atom is -0.478 e. The fraction of sp³-hybridized carbons (Fsp3) is 0.600. The highest BCUT2D eigenvalue weighted by Gasteiger charge is 2.06.